The Balaban J connectivity index is 1.71. The first-order valence-corrected chi connectivity index (χ1v) is 10.1. The molecule has 0 radical (unpaired) electrons. The van der Waals surface area contributed by atoms with Crippen LogP contribution in [0.2, 0.25) is 0 Å². The Labute approximate surface area is 181 Å². The van der Waals surface area contributed by atoms with Crippen LogP contribution in [0.1, 0.15) is 32.1 Å². The van der Waals surface area contributed by atoms with Crippen LogP contribution in [0.15, 0.2) is 45.7 Å². The van der Waals surface area contributed by atoms with Crippen LogP contribution in [0, 0.1) is 6.92 Å². The number of ether oxygens (including phenoxy) is 3. The molecule has 0 aromatic carbocycles. The smallest absolute Gasteiger partial charge is 0.339 e. The standard InChI is InChI=1S/C23H30O8/c1-13-15(29-18(25)12-17(13)28-5)10-8-6-7-9-11-16-19(26)22(3)21(27)23(4,30-16)20(31-22)14(2)24/h6-12,14,16,19-21,24,26-27H,1-5H3/t14-,16-,19-,20-,21-,22+,23+/m0/s1. The minimum Gasteiger partial charge on any atom is -0.496 e. The number of methoxy groups -OCH3 is 1. The van der Waals surface area contributed by atoms with Crippen LogP contribution in [0.3, 0.4) is 0 Å². The van der Waals surface area contributed by atoms with E-state index in [1.165, 1.54) is 13.2 Å². The summed E-state index contributed by atoms with van der Waals surface area (Å²) in [6.07, 6.45) is 5.61. The molecular formula is C23H30O8. The fourth-order valence-corrected chi connectivity index (χ4v) is 4.32. The molecule has 0 spiro atoms. The largest absolute Gasteiger partial charge is 0.496 e. The summed E-state index contributed by atoms with van der Waals surface area (Å²) in [5.41, 5.74) is -2.19. The lowest BCUT2D eigenvalue weighted by atomic mass is 9.77. The van der Waals surface area contributed by atoms with E-state index in [1.54, 1.807) is 64.2 Å². The molecule has 2 saturated heterocycles. The summed E-state index contributed by atoms with van der Waals surface area (Å²) in [7, 11) is 1.49. The van der Waals surface area contributed by atoms with Crippen molar-refractivity contribution in [3.63, 3.8) is 0 Å². The van der Waals surface area contributed by atoms with Crippen LogP contribution in [0.4, 0.5) is 0 Å². The quantitative estimate of drug-likeness (QED) is 0.577. The zero-order chi connectivity index (χ0) is 23.0. The van der Waals surface area contributed by atoms with Crippen molar-refractivity contribution in [3.05, 3.63) is 58.2 Å². The van der Waals surface area contributed by atoms with Crippen LogP contribution in [-0.2, 0) is 9.47 Å². The molecule has 3 heterocycles. The van der Waals surface area contributed by atoms with E-state index in [9.17, 15) is 20.1 Å². The van der Waals surface area contributed by atoms with Gasteiger partial charge in [-0.15, -0.1) is 0 Å². The molecule has 3 rings (SSSR count). The van der Waals surface area contributed by atoms with Crippen molar-refractivity contribution in [2.75, 3.05) is 7.11 Å². The van der Waals surface area contributed by atoms with E-state index in [-0.39, 0.29) is 0 Å². The maximum atomic E-state index is 11.6. The molecule has 2 fully saturated rings. The second-order valence-electron chi connectivity index (χ2n) is 8.33. The molecule has 0 amide bonds. The van der Waals surface area contributed by atoms with Gasteiger partial charge < -0.3 is 33.9 Å². The van der Waals surface area contributed by atoms with E-state index >= 15 is 0 Å². The molecule has 31 heavy (non-hydrogen) atoms. The number of rotatable bonds is 6. The summed E-state index contributed by atoms with van der Waals surface area (Å²) in [4.78, 5) is 11.6. The summed E-state index contributed by atoms with van der Waals surface area (Å²) in [5.74, 6) is 0.858. The molecule has 8 nitrogen and oxygen atoms in total. The van der Waals surface area contributed by atoms with Crippen molar-refractivity contribution in [1.82, 2.24) is 0 Å². The molecule has 2 aliphatic rings. The van der Waals surface area contributed by atoms with Gasteiger partial charge >= 0.3 is 5.63 Å². The molecule has 2 bridgehead atoms. The van der Waals surface area contributed by atoms with E-state index in [0.29, 0.717) is 17.1 Å². The Bertz CT molecular complexity index is 945. The first-order valence-electron chi connectivity index (χ1n) is 10.1. The average Bonchev–Trinajstić information content (AvgIpc) is 2.87. The maximum absolute atomic E-state index is 11.6. The highest BCUT2D eigenvalue weighted by Gasteiger charge is 2.69. The van der Waals surface area contributed by atoms with E-state index in [4.69, 9.17) is 18.6 Å². The van der Waals surface area contributed by atoms with Crippen molar-refractivity contribution in [1.29, 1.82) is 0 Å². The van der Waals surface area contributed by atoms with Gasteiger partial charge in [-0.2, -0.15) is 0 Å². The van der Waals surface area contributed by atoms with E-state index in [1.807, 2.05) is 0 Å². The minimum absolute atomic E-state index is 0.400. The molecule has 1 aromatic heterocycles. The molecule has 170 valence electrons. The molecule has 2 aliphatic heterocycles. The normalized spacial score (nSPS) is 36.6. The predicted molar refractivity (Wildman–Crippen MR) is 114 cm³/mol. The lowest BCUT2D eigenvalue weighted by Crippen LogP contribution is -2.65. The van der Waals surface area contributed by atoms with Gasteiger partial charge in [-0.3, -0.25) is 0 Å². The van der Waals surface area contributed by atoms with E-state index in [0.717, 1.165) is 0 Å². The number of hydrogen-bond donors (Lipinski definition) is 3. The number of aliphatic hydroxyl groups is 3. The topological polar surface area (TPSA) is 119 Å². The molecule has 0 saturated carbocycles. The highest BCUT2D eigenvalue weighted by Crippen LogP contribution is 2.49. The molecule has 3 N–H and O–H groups in total. The van der Waals surface area contributed by atoms with Gasteiger partial charge in [-0.1, -0.05) is 30.4 Å². The lowest BCUT2D eigenvalue weighted by Gasteiger charge is -2.45. The highest BCUT2D eigenvalue weighted by molar-refractivity contribution is 5.52. The summed E-state index contributed by atoms with van der Waals surface area (Å²) in [6, 6.07) is 1.29. The Morgan fingerprint density at radius 1 is 1.13 bits per heavy atom. The van der Waals surface area contributed by atoms with Crippen molar-refractivity contribution in [3.8, 4) is 5.75 Å². The summed E-state index contributed by atoms with van der Waals surface area (Å²) >= 11 is 0. The van der Waals surface area contributed by atoms with Crippen LogP contribution >= 0.6 is 0 Å². The monoisotopic (exact) mass is 434 g/mol. The number of fused-ring (bicyclic) bond motifs is 2. The lowest BCUT2D eigenvalue weighted by molar-refractivity contribution is -0.225. The van der Waals surface area contributed by atoms with Gasteiger partial charge in [0.2, 0.25) is 0 Å². The Morgan fingerprint density at radius 3 is 2.45 bits per heavy atom. The van der Waals surface area contributed by atoms with Crippen molar-refractivity contribution >= 4 is 6.08 Å². The molecule has 0 unspecified atom stereocenters. The van der Waals surface area contributed by atoms with Crippen LogP contribution in [0.5, 0.6) is 5.75 Å². The Kier molecular flexibility index (Phi) is 6.59. The number of hydrogen-bond acceptors (Lipinski definition) is 8. The minimum atomic E-state index is -1.26. The van der Waals surface area contributed by atoms with Crippen molar-refractivity contribution in [2.24, 2.45) is 0 Å². The summed E-state index contributed by atoms with van der Waals surface area (Å²) < 4.78 is 22.1. The summed E-state index contributed by atoms with van der Waals surface area (Å²) in [5, 5.41) is 31.4. The summed E-state index contributed by atoms with van der Waals surface area (Å²) in [6.45, 7) is 6.65. The zero-order valence-electron chi connectivity index (χ0n) is 18.3. The molecule has 8 heteroatoms. The first kappa shape index (κ1) is 23.4. The predicted octanol–water partition coefficient (Wildman–Crippen LogP) is 1.50. The molecule has 7 atom stereocenters. The average molecular weight is 434 g/mol. The van der Waals surface area contributed by atoms with E-state index < -0.39 is 47.3 Å². The number of allylic oxidation sites excluding steroid dienone is 4. The van der Waals surface area contributed by atoms with Crippen LogP contribution < -0.4 is 10.4 Å². The third kappa shape index (κ3) is 4.14. The van der Waals surface area contributed by atoms with Gasteiger partial charge in [0.1, 0.15) is 47.1 Å². The Hall–Kier alpha value is -2.23. The van der Waals surface area contributed by atoms with Gasteiger partial charge in [0.05, 0.1) is 19.3 Å². The van der Waals surface area contributed by atoms with Crippen LogP contribution in [0.25, 0.3) is 6.08 Å². The van der Waals surface area contributed by atoms with Crippen molar-refractivity contribution in [2.45, 2.75) is 69.4 Å². The van der Waals surface area contributed by atoms with Gasteiger partial charge in [0.15, 0.2) is 0 Å². The number of aliphatic hydroxyl groups excluding tert-OH is 3. The van der Waals surface area contributed by atoms with Gasteiger partial charge in [0, 0.05) is 5.56 Å². The Morgan fingerprint density at radius 2 is 1.81 bits per heavy atom. The second-order valence-corrected chi connectivity index (χ2v) is 8.33. The zero-order valence-corrected chi connectivity index (χ0v) is 18.3. The van der Waals surface area contributed by atoms with Gasteiger partial charge in [-0.25, -0.2) is 4.79 Å². The second kappa shape index (κ2) is 8.72. The highest BCUT2D eigenvalue weighted by atomic mass is 16.6. The first-order chi connectivity index (χ1) is 14.5. The molecular weight excluding hydrogens is 404 g/mol. The van der Waals surface area contributed by atoms with Gasteiger partial charge in [0.25, 0.3) is 0 Å². The SMILES string of the molecule is COc1cc(=O)oc(C=CC=CC=C[C@@H]2O[C@@]3(C)[C@@H](O)[C@](C)(O[C@H]3[C@H](C)O)[C@H]2O)c1C. The maximum Gasteiger partial charge on any atom is 0.339 e. The molecule has 1 aromatic rings. The third-order valence-corrected chi connectivity index (χ3v) is 6.06. The fraction of sp³-hybridized carbons (Fsp3) is 0.522. The molecule has 0 aliphatic carbocycles. The van der Waals surface area contributed by atoms with Gasteiger partial charge in [-0.05, 0) is 33.8 Å². The van der Waals surface area contributed by atoms with E-state index in [2.05, 4.69) is 0 Å². The van der Waals surface area contributed by atoms with Crippen LogP contribution in [-0.4, -0.2) is 64.2 Å². The van der Waals surface area contributed by atoms with Crippen molar-refractivity contribution < 1.29 is 33.9 Å². The third-order valence-electron chi connectivity index (χ3n) is 6.06. The fourth-order valence-electron chi connectivity index (χ4n) is 4.32.